The van der Waals surface area contributed by atoms with Crippen molar-refractivity contribution in [3.05, 3.63) is 65.2 Å². The third-order valence-electron chi connectivity index (χ3n) is 7.00. The first-order chi connectivity index (χ1) is 17.9. The van der Waals surface area contributed by atoms with E-state index in [2.05, 4.69) is 10.2 Å². The van der Waals surface area contributed by atoms with Gasteiger partial charge in [0.15, 0.2) is 6.29 Å². The Bertz CT molecular complexity index is 1050. The van der Waals surface area contributed by atoms with E-state index in [1.165, 1.54) is 0 Å². The van der Waals surface area contributed by atoms with Crippen LogP contribution in [0.2, 0.25) is 0 Å². The topological polar surface area (TPSA) is 129 Å². The molecule has 0 aliphatic carbocycles. The normalized spacial score (nSPS) is 24.2. The van der Waals surface area contributed by atoms with Crippen molar-refractivity contribution >= 4 is 17.6 Å². The second kappa shape index (κ2) is 13.1. The fourth-order valence-corrected chi connectivity index (χ4v) is 5.02. The van der Waals surface area contributed by atoms with E-state index in [-0.39, 0.29) is 56.6 Å². The number of nitrogens with zero attached hydrogens (tertiary/aromatic N) is 1. The molecule has 37 heavy (non-hydrogen) atoms. The number of carboxylic acids is 1. The maximum Gasteiger partial charge on any atom is 0.303 e. The molecular formula is C28H36N2O7. The molecule has 9 nitrogen and oxygen atoms in total. The molecule has 200 valence electrons. The van der Waals surface area contributed by atoms with Crippen molar-refractivity contribution in [3.63, 3.8) is 0 Å². The van der Waals surface area contributed by atoms with E-state index in [1.807, 2.05) is 42.5 Å². The van der Waals surface area contributed by atoms with Crippen LogP contribution in [-0.4, -0.2) is 63.9 Å². The van der Waals surface area contributed by atoms with Crippen molar-refractivity contribution in [1.29, 1.82) is 0 Å². The van der Waals surface area contributed by atoms with Crippen LogP contribution in [0.4, 0.5) is 5.69 Å². The van der Waals surface area contributed by atoms with Crippen LogP contribution in [0, 0.1) is 0 Å². The molecular weight excluding hydrogens is 476 g/mol. The zero-order valence-corrected chi connectivity index (χ0v) is 20.9. The first-order valence-corrected chi connectivity index (χ1v) is 12.9. The standard InChI is InChI=1S/C28H36N2O7/c31-17-19-9-11-20(12-10-19)25-15-24(16-30-13-3-6-23(30)18-32)36-28(37-25)21-4-1-5-22(14-21)29-26(33)7-2-8-27(34)35/h1,4-5,9-12,14,23-25,28,31-32H,2-3,6-8,13,15-18H2,(H,29,33)(H,34,35)/t23-,24-,25+,28+/m0/s1. The van der Waals surface area contributed by atoms with Crippen molar-refractivity contribution < 1.29 is 34.4 Å². The number of carbonyl (C=O) groups excluding carboxylic acids is 1. The Labute approximate surface area is 217 Å². The van der Waals surface area contributed by atoms with Crippen molar-refractivity contribution in [2.75, 3.05) is 25.0 Å². The third-order valence-corrected chi connectivity index (χ3v) is 7.00. The summed E-state index contributed by atoms with van der Waals surface area (Å²) in [6.07, 6.45) is 2.05. The summed E-state index contributed by atoms with van der Waals surface area (Å²) in [6, 6.07) is 15.2. The molecule has 0 bridgehead atoms. The smallest absolute Gasteiger partial charge is 0.303 e. The summed E-state index contributed by atoms with van der Waals surface area (Å²) in [7, 11) is 0. The number of aliphatic hydroxyl groups is 2. The average molecular weight is 513 g/mol. The van der Waals surface area contributed by atoms with Gasteiger partial charge in [-0.1, -0.05) is 36.4 Å². The Morgan fingerprint density at radius 2 is 1.84 bits per heavy atom. The SMILES string of the molecule is O=C(O)CCCC(=O)Nc1cccc([C@@H]2O[C@H](CN3CCC[C@H]3CO)C[C@H](c3ccc(CO)cc3)O2)c1. The zero-order chi connectivity index (χ0) is 26.2. The van der Waals surface area contributed by atoms with E-state index in [4.69, 9.17) is 14.6 Å². The third kappa shape index (κ3) is 7.59. The van der Waals surface area contributed by atoms with Crippen molar-refractivity contribution in [2.24, 2.45) is 0 Å². The molecule has 0 aromatic heterocycles. The number of anilines is 1. The van der Waals surface area contributed by atoms with Crippen LogP contribution in [0.25, 0.3) is 0 Å². The van der Waals surface area contributed by atoms with Crippen LogP contribution in [0.1, 0.15) is 67.6 Å². The first kappa shape index (κ1) is 27.2. The van der Waals surface area contributed by atoms with E-state index in [0.717, 1.165) is 36.1 Å². The highest BCUT2D eigenvalue weighted by atomic mass is 16.7. The Hall–Kier alpha value is -2.82. The molecule has 2 fully saturated rings. The van der Waals surface area contributed by atoms with Crippen molar-refractivity contribution in [3.8, 4) is 0 Å². The maximum atomic E-state index is 12.3. The number of hydrogen-bond acceptors (Lipinski definition) is 7. The Balaban J connectivity index is 1.49. The molecule has 9 heteroatoms. The second-order valence-corrected chi connectivity index (χ2v) is 9.74. The molecule has 2 aliphatic rings. The summed E-state index contributed by atoms with van der Waals surface area (Å²) < 4.78 is 12.8. The monoisotopic (exact) mass is 512 g/mol. The van der Waals surface area contributed by atoms with Crippen molar-refractivity contribution in [2.45, 2.75) is 69.7 Å². The highest BCUT2D eigenvalue weighted by molar-refractivity contribution is 5.90. The maximum absolute atomic E-state index is 12.3. The van der Waals surface area contributed by atoms with Crippen LogP contribution in [0.3, 0.4) is 0 Å². The predicted octanol–water partition coefficient (Wildman–Crippen LogP) is 3.37. The van der Waals surface area contributed by atoms with E-state index >= 15 is 0 Å². The number of aliphatic carboxylic acids is 1. The molecule has 4 N–H and O–H groups in total. The molecule has 2 heterocycles. The van der Waals surface area contributed by atoms with Gasteiger partial charge in [-0.3, -0.25) is 14.5 Å². The number of aliphatic hydroxyl groups excluding tert-OH is 2. The van der Waals surface area contributed by atoms with Crippen LogP contribution in [0.15, 0.2) is 48.5 Å². The van der Waals surface area contributed by atoms with Gasteiger partial charge in [0, 0.05) is 43.1 Å². The quantitative estimate of drug-likeness (QED) is 0.361. The van der Waals surface area contributed by atoms with E-state index in [0.29, 0.717) is 18.7 Å². The zero-order valence-electron chi connectivity index (χ0n) is 20.9. The van der Waals surface area contributed by atoms with E-state index in [9.17, 15) is 19.8 Å². The Morgan fingerprint density at radius 1 is 1.03 bits per heavy atom. The Kier molecular flexibility index (Phi) is 9.65. The number of hydrogen-bond donors (Lipinski definition) is 4. The molecule has 2 aliphatic heterocycles. The lowest BCUT2D eigenvalue weighted by Crippen LogP contribution is -2.42. The first-order valence-electron chi connectivity index (χ1n) is 12.9. The number of ether oxygens (including phenoxy) is 2. The number of amides is 1. The second-order valence-electron chi connectivity index (χ2n) is 9.74. The highest BCUT2D eigenvalue weighted by Crippen LogP contribution is 2.39. The lowest BCUT2D eigenvalue weighted by Gasteiger charge is -2.38. The summed E-state index contributed by atoms with van der Waals surface area (Å²) in [4.78, 5) is 25.3. The van der Waals surface area contributed by atoms with Gasteiger partial charge < -0.3 is 30.1 Å². The van der Waals surface area contributed by atoms with Crippen LogP contribution in [-0.2, 0) is 25.7 Å². The van der Waals surface area contributed by atoms with E-state index in [1.54, 1.807) is 6.07 Å². The molecule has 1 amide bonds. The van der Waals surface area contributed by atoms with E-state index < -0.39 is 12.3 Å². The fraction of sp³-hybridized carbons (Fsp3) is 0.500. The van der Waals surface area contributed by atoms with Gasteiger partial charge in [0.05, 0.1) is 25.4 Å². The summed E-state index contributed by atoms with van der Waals surface area (Å²) in [6.45, 7) is 1.73. The number of benzene rings is 2. The molecule has 0 unspecified atom stereocenters. The van der Waals surface area contributed by atoms with Gasteiger partial charge in [0.25, 0.3) is 0 Å². The molecule has 2 aromatic rings. The lowest BCUT2D eigenvalue weighted by atomic mass is 9.99. The number of rotatable bonds is 11. The largest absolute Gasteiger partial charge is 0.481 e. The van der Waals surface area contributed by atoms with Gasteiger partial charge in [0.2, 0.25) is 5.91 Å². The fourth-order valence-electron chi connectivity index (χ4n) is 5.02. The van der Waals surface area contributed by atoms with Crippen LogP contribution >= 0.6 is 0 Å². The molecule has 0 saturated carbocycles. The Morgan fingerprint density at radius 3 is 2.57 bits per heavy atom. The number of carboxylic acid groups (broad SMARTS) is 1. The van der Waals surface area contributed by atoms with Gasteiger partial charge in [-0.15, -0.1) is 0 Å². The molecule has 4 atom stereocenters. The molecule has 0 radical (unpaired) electrons. The minimum atomic E-state index is -0.921. The average Bonchev–Trinajstić information content (AvgIpc) is 3.35. The minimum Gasteiger partial charge on any atom is -0.481 e. The number of likely N-dealkylation sites (tertiary alicyclic amines) is 1. The lowest BCUT2D eigenvalue weighted by molar-refractivity contribution is -0.253. The van der Waals surface area contributed by atoms with Crippen LogP contribution in [0.5, 0.6) is 0 Å². The molecule has 4 rings (SSSR count). The summed E-state index contributed by atoms with van der Waals surface area (Å²) >= 11 is 0. The van der Waals surface area contributed by atoms with Gasteiger partial charge in [0.1, 0.15) is 0 Å². The van der Waals surface area contributed by atoms with Gasteiger partial charge in [-0.2, -0.15) is 0 Å². The molecule has 0 spiro atoms. The summed E-state index contributed by atoms with van der Waals surface area (Å²) in [5.41, 5.74) is 3.19. The van der Waals surface area contributed by atoms with Gasteiger partial charge >= 0.3 is 5.97 Å². The minimum absolute atomic E-state index is 0.0213. The van der Waals surface area contributed by atoms with Gasteiger partial charge in [-0.25, -0.2) is 0 Å². The van der Waals surface area contributed by atoms with Gasteiger partial charge in [-0.05, 0) is 49.1 Å². The number of nitrogens with one attached hydrogen (secondary N) is 1. The predicted molar refractivity (Wildman–Crippen MR) is 137 cm³/mol. The molecule has 2 aromatic carbocycles. The molecule has 2 saturated heterocycles. The van der Waals surface area contributed by atoms with Crippen LogP contribution < -0.4 is 5.32 Å². The summed E-state index contributed by atoms with van der Waals surface area (Å²) in [5, 5.41) is 30.8. The summed E-state index contributed by atoms with van der Waals surface area (Å²) in [5.74, 6) is -1.16. The highest BCUT2D eigenvalue weighted by Gasteiger charge is 2.35. The number of carbonyl (C=O) groups is 2. The van der Waals surface area contributed by atoms with Crippen molar-refractivity contribution in [1.82, 2.24) is 4.90 Å².